The molecule has 0 aromatic carbocycles. The maximum atomic E-state index is 2.83. The number of hydrogen-bond donors (Lipinski definition) is 0. The Balaban J connectivity index is 1.50. The van der Waals surface area contributed by atoms with Crippen LogP contribution >= 0.6 is 0 Å². The number of rotatable bonds is 2. The Kier molecular flexibility index (Phi) is 4.85. The second-order valence-corrected chi connectivity index (χ2v) is 10.3. The van der Waals surface area contributed by atoms with Gasteiger partial charge in [0.05, 0.1) is 0 Å². The normalized spacial score (nSPS) is 32.6. The first-order valence-electron chi connectivity index (χ1n) is 9.90. The summed E-state index contributed by atoms with van der Waals surface area (Å²) in [6, 6.07) is 1.62. The summed E-state index contributed by atoms with van der Waals surface area (Å²) in [7, 11) is 0. The van der Waals surface area contributed by atoms with Gasteiger partial charge in [0, 0.05) is 42.8 Å². The molecule has 0 spiro atoms. The zero-order chi connectivity index (χ0) is 16.8. The van der Waals surface area contributed by atoms with E-state index in [9.17, 15) is 0 Å². The van der Waals surface area contributed by atoms with Crippen molar-refractivity contribution in [2.45, 2.75) is 90.4 Å². The van der Waals surface area contributed by atoms with Crippen LogP contribution in [-0.4, -0.2) is 70.6 Å². The van der Waals surface area contributed by atoms with Crippen LogP contribution in [0.4, 0.5) is 0 Å². The van der Waals surface area contributed by atoms with Crippen LogP contribution in [-0.2, 0) is 0 Å². The maximum Gasteiger partial charge on any atom is 0.0232 e. The molecule has 3 aliphatic rings. The molecule has 0 radical (unpaired) electrons. The molecule has 3 nitrogen and oxygen atoms in total. The van der Waals surface area contributed by atoms with Gasteiger partial charge >= 0.3 is 0 Å². The molecule has 0 saturated carbocycles. The van der Waals surface area contributed by atoms with Gasteiger partial charge in [-0.1, -0.05) is 0 Å². The Morgan fingerprint density at radius 3 is 1.70 bits per heavy atom. The zero-order valence-corrected chi connectivity index (χ0v) is 16.4. The molecule has 3 aliphatic heterocycles. The summed E-state index contributed by atoms with van der Waals surface area (Å²) in [6.07, 6.45) is 5.62. The summed E-state index contributed by atoms with van der Waals surface area (Å²) >= 11 is 0. The molecule has 0 aromatic rings. The standard InChI is InChI=1S/C20H39N3/c1-19(2,3)22-11-9-16(10-12-22)13-21-14-17-7-8-18(15-21)23(17)20(4,5)6/h16-18H,7-15H2,1-6H3. The SMILES string of the molecule is CC(C)(C)N1CCC(CN2CC3CCC(C2)N3C(C)(C)C)CC1. The fourth-order valence-electron chi connectivity index (χ4n) is 5.39. The van der Waals surface area contributed by atoms with Crippen LogP contribution in [0.25, 0.3) is 0 Å². The van der Waals surface area contributed by atoms with Crippen molar-refractivity contribution in [1.82, 2.24) is 14.7 Å². The van der Waals surface area contributed by atoms with Gasteiger partial charge in [-0.15, -0.1) is 0 Å². The Morgan fingerprint density at radius 2 is 1.26 bits per heavy atom. The van der Waals surface area contributed by atoms with E-state index in [-0.39, 0.29) is 0 Å². The number of nitrogens with zero attached hydrogens (tertiary/aromatic N) is 3. The lowest BCUT2D eigenvalue weighted by Gasteiger charge is -2.49. The average Bonchev–Trinajstić information content (AvgIpc) is 2.71. The minimum absolute atomic E-state index is 0.343. The second kappa shape index (κ2) is 6.31. The summed E-state index contributed by atoms with van der Waals surface area (Å²) in [5.41, 5.74) is 0.693. The number of piperazine rings is 1. The molecular formula is C20H39N3. The van der Waals surface area contributed by atoms with Crippen molar-refractivity contribution >= 4 is 0 Å². The first kappa shape index (κ1) is 17.7. The first-order chi connectivity index (χ1) is 10.6. The first-order valence-corrected chi connectivity index (χ1v) is 9.90. The van der Waals surface area contributed by atoms with Gasteiger partial charge in [0.25, 0.3) is 0 Å². The Hall–Kier alpha value is -0.120. The molecular weight excluding hydrogens is 282 g/mol. The molecule has 3 fully saturated rings. The van der Waals surface area contributed by atoms with Crippen LogP contribution < -0.4 is 0 Å². The van der Waals surface area contributed by atoms with Crippen molar-refractivity contribution in [3.63, 3.8) is 0 Å². The van der Waals surface area contributed by atoms with Gasteiger partial charge in [-0.2, -0.15) is 0 Å². The summed E-state index contributed by atoms with van der Waals surface area (Å²) in [6.45, 7) is 20.8. The number of fused-ring (bicyclic) bond motifs is 2. The molecule has 2 bridgehead atoms. The van der Waals surface area contributed by atoms with Crippen molar-refractivity contribution in [2.75, 3.05) is 32.7 Å². The van der Waals surface area contributed by atoms with E-state index in [2.05, 4.69) is 56.2 Å². The van der Waals surface area contributed by atoms with Crippen molar-refractivity contribution in [3.8, 4) is 0 Å². The predicted molar refractivity (Wildman–Crippen MR) is 98.9 cm³/mol. The second-order valence-electron chi connectivity index (χ2n) is 10.3. The van der Waals surface area contributed by atoms with E-state index in [1.54, 1.807) is 0 Å². The van der Waals surface area contributed by atoms with Gasteiger partial charge in [-0.05, 0) is 86.2 Å². The van der Waals surface area contributed by atoms with E-state index in [1.807, 2.05) is 0 Å². The van der Waals surface area contributed by atoms with Gasteiger partial charge in [0.15, 0.2) is 0 Å². The van der Waals surface area contributed by atoms with E-state index in [4.69, 9.17) is 0 Å². The lowest BCUT2D eigenvalue weighted by molar-refractivity contribution is -0.00856. The number of hydrogen-bond acceptors (Lipinski definition) is 3. The molecule has 3 saturated heterocycles. The van der Waals surface area contributed by atoms with Crippen LogP contribution in [0.3, 0.4) is 0 Å². The van der Waals surface area contributed by atoms with Gasteiger partial charge in [0.1, 0.15) is 0 Å². The zero-order valence-electron chi connectivity index (χ0n) is 16.4. The Labute approximate surface area is 144 Å². The predicted octanol–water partition coefficient (Wildman–Crippen LogP) is 3.44. The van der Waals surface area contributed by atoms with Crippen molar-refractivity contribution < 1.29 is 0 Å². The third-order valence-corrected chi connectivity index (χ3v) is 6.41. The van der Waals surface area contributed by atoms with Gasteiger partial charge in [0.2, 0.25) is 0 Å². The Morgan fingerprint density at radius 1 is 0.739 bits per heavy atom. The van der Waals surface area contributed by atoms with Crippen LogP contribution in [0.1, 0.15) is 67.2 Å². The highest BCUT2D eigenvalue weighted by atomic mass is 15.4. The topological polar surface area (TPSA) is 9.72 Å². The van der Waals surface area contributed by atoms with Crippen LogP contribution in [0.5, 0.6) is 0 Å². The lowest BCUT2D eigenvalue weighted by Crippen LogP contribution is -2.60. The summed E-state index contributed by atoms with van der Waals surface area (Å²) in [4.78, 5) is 8.30. The van der Waals surface area contributed by atoms with Crippen molar-refractivity contribution in [3.05, 3.63) is 0 Å². The van der Waals surface area contributed by atoms with Crippen LogP contribution in [0.15, 0.2) is 0 Å². The molecule has 23 heavy (non-hydrogen) atoms. The fourth-order valence-corrected chi connectivity index (χ4v) is 5.39. The molecule has 3 heterocycles. The third kappa shape index (κ3) is 3.93. The molecule has 2 unspecified atom stereocenters. The molecule has 3 rings (SSSR count). The van der Waals surface area contributed by atoms with E-state index in [0.29, 0.717) is 11.1 Å². The van der Waals surface area contributed by atoms with E-state index < -0.39 is 0 Å². The fraction of sp³-hybridized carbons (Fsp3) is 1.00. The highest BCUT2D eigenvalue weighted by Crippen LogP contribution is 2.36. The van der Waals surface area contributed by atoms with E-state index >= 15 is 0 Å². The van der Waals surface area contributed by atoms with Gasteiger partial charge in [-0.3, -0.25) is 14.7 Å². The number of piperidine rings is 1. The molecule has 0 aromatic heterocycles. The lowest BCUT2D eigenvalue weighted by atomic mass is 9.92. The number of likely N-dealkylation sites (tertiary alicyclic amines) is 2. The molecule has 0 amide bonds. The van der Waals surface area contributed by atoms with Crippen LogP contribution in [0.2, 0.25) is 0 Å². The molecule has 0 aliphatic carbocycles. The maximum absolute atomic E-state index is 2.83. The molecule has 3 heteroatoms. The third-order valence-electron chi connectivity index (χ3n) is 6.41. The molecule has 2 atom stereocenters. The molecule has 0 N–H and O–H groups in total. The van der Waals surface area contributed by atoms with Gasteiger partial charge < -0.3 is 0 Å². The molecule has 134 valence electrons. The highest BCUT2D eigenvalue weighted by Gasteiger charge is 2.44. The summed E-state index contributed by atoms with van der Waals surface area (Å²) in [5, 5.41) is 0. The van der Waals surface area contributed by atoms with E-state index in [0.717, 1.165) is 18.0 Å². The summed E-state index contributed by atoms with van der Waals surface area (Å²) in [5.74, 6) is 0.925. The van der Waals surface area contributed by atoms with Crippen molar-refractivity contribution in [1.29, 1.82) is 0 Å². The minimum Gasteiger partial charge on any atom is -0.300 e. The van der Waals surface area contributed by atoms with E-state index in [1.165, 1.54) is 58.4 Å². The Bertz CT molecular complexity index is 384. The largest absolute Gasteiger partial charge is 0.300 e. The monoisotopic (exact) mass is 321 g/mol. The minimum atomic E-state index is 0.343. The quantitative estimate of drug-likeness (QED) is 0.771. The van der Waals surface area contributed by atoms with Gasteiger partial charge in [-0.25, -0.2) is 0 Å². The smallest absolute Gasteiger partial charge is 0.0232 e. The van der Waals surface area contributed by atoms with Crippen molar-refractivity contribution in [2.24, 2.45) is 5.92 Å². The van der Waals surface area contributed by atoms with Crippen LogP contribution in [0, 0.1) is 5.92 Å². The summed E-state index contributed by atoms with van der Waals surface area (Å²) < 4.78 is 0. The highest BCUT2D eigenvalue weighted by molar-refractivity contribution is 5.01. The average molecular weight is 322 g/mol.